The Morgan fingerprint density at radius 2 is 1.96 bits per heavy atom. The zero-order chi connectivity index (χ0) is 19.5. The van der Waals surface area contributed by atoms with E-state index in [1.54, 1.807) is 7.11 Å². The number of nitrogens with zero attached hydrogens (tertiary/aromatic N) is 2. The van der Waals surface area contributed by atoms with Crippen molar-refractivity contribution in [3.63, 3.8) is 0 Å². The fourth-order valence-corrected chi connectivity index (χ4v) is 5.13. The molecule has 2 bridgehead atoms. The Bertz CT molecular complexity index is 1240. The van der Waals surface area contributed by atoms with Gasteiger partial charge in [-0.3, -0.25) is 9.36 Å². The van der Waals surface area contributed by atoms with Crippen molar-refractivity contribution in [3.05, 3.63) is 79.3 Å². The van der Waals surface area contributed by atoms with Gasteiger partial charge in [0, 0.05) is 11.5 Å². The Morgan fingerprint density at radius 1 is 1.21 bits per heavy atom. The minimum absolute atomic E-state index is 0.00447. The minimum Gasteiger partial charge on any atom is -0.497 e. The summed E-state index contributed by atoms with van der Waals surface area (Å²) in [5, 5.41) is 0. The molecule has 2 aliphatic heterocycles. The molecule has 0 radical (unpaired) electrons. The summed E-state index contributed by atoms with van der Waals surface area (Å²) >= 11 is 1.42. The molecule has 0 saturated heterocycles. The molecule has 2 aromatic carbocycles. The van der Waals surface area contributed by atoms with Crippen LogP contribution in [0.3, 0.4) is 0 Å². The summed E-state index contributed by atoms with van der Waals surface area (Å²) in [6.45, 7) is 4.10. The number of aromatic nitrogens is 1. The summed E-state index contributed by atoms with van der Waals surface area (Å²) in [7, 11) is 1.64. The Kier molecular flexibility index (Phi) is 3.74. The Balaban J connectivity index is 1.73. The first-order valence-corrected chi connectivity index (χ1v) is 10.1. The molecule has 1 aromatic heterocycles. The second-order valence-electron chi connectivity index (χ2n) is 7.38. The van der Waals surface area contributed by atoms with E-state index in [1.165, 1.54) is 11.3 Å². The smallest absolute Gasteiger partial charge is 0.270 e. The molecule has 0 spiro atoms. The average Bonchev–Trinajstić information content (AvgIpc) is 2.97. The van der Waals surface area contributed by atoms with Crippen molar-refractivity contribution in [3.8, 4) is 11.5 Å². The van der Waals surface area contributed by atoms with Crippen LogP contribution in [0.25, 0.3) is 6.08 Å². The van der Waals surface area contributed by atoms with Gasteiger partial charge >= 0.3 is 0 Å². The van der Waals surface area contributed by atoms with E-state index in [1.807, 2.05) is 66.1 Å². The number of ether oxygens (including phenoxy) is 2. The molecule has 0 aliphatic carbocycles. The van der Waals surface area contributed by atoms with Gasteiger partial charge < -0.3 is 9.47 Å². The summed E-state index contributed by atoms with van der Waals surface area (Å²) in [5.41, 5.74) is 1.32. The molecular weight excluding hydrogens is 372 g/mol. The van der Waals surface area contributed by atoms with Gasteiger partial charge in [-0.05, 0) is 36.8 Å². The van der Waals surface area contributed by atoms with Gasteiger partial charge in [0.05, 0.1) is 17.7 Å². The molecular formula is C22H20N2O3S. The number of rotatable bonds is 2. The molecule has 0 amide bonds. The lowest BCUT2D eigenvalue weighted by Gasteiger charge is -2.45. The number of benzene rings is 2. The Hall–Kier alpha value is -2.86. The number of methoxy groups -OCH3 is 1. The highest BCUT2D eigenvalue weighted by atomic mass is 32.1. The van der Waals surface area contributed by atoms with E-state index < -0.39 is 5.72 Å². The van der Waals surface area contributed by atoms with Crippen LogP contribution in [-0.2, 0) is 0 Å². The van der Waals surface area contributed by atoms with Crippen LogP contribution in [0.15, 0.2) is 58.3 Å². The van der Waals surface area contributed by atoms with Crippen LogP contribution in [0.1, 0.15) is 31.0 Å². The molecule has 28 heavy (non-hydrogen) atoms. The van der Waals surface area contributed by atoms with E-state index in [2.05, 4.69) is 6.92 Å². The van der Waals surface area contributed by atoms with Gasteiger partial charge in [-0.15, -0.1) is 0 Å². The third-order valence-corrected chi connectivity index (χ3v) is 6.70. The lowest BCUT2D eigenvalue weighted by atomic mass is 9.83. The molecule has 3 heterocycles. The summed E-state index contributed by atoms with van der Waals surface area (Å²) in [4.78, 5) is 18.9. The zero-order valence-electron chi connectivity index (χ0n) is 15.9. The third kappa shape index (κ3) is 2.44. The van der Waals surface area contributed by atoms with Gasteiger partial charge in [0.2, 0.25) is 5.72 Å². The van der Waals surface area contributed by atoms with Crippen LogP contribution in [0, 0.1) is 5.92 Å². The molecule has 5 nitrogen and oxygen atoms in total. The highest BCUT2D eigenvalue weighted by Crippen LogP contribution is 2.46. The van der Waals surface area contributed by atoms with Gasteiger partial charge in [0.15, 0.2) is 4.80 Å². The lowest BCUT2D eigenvalue weighted by molar-refractivity contribution is -0.0121. The maximum Gasteiger partial charge on any atom is 0.270 e. The van der Waals surface area contributed by atoms with Crippen LogP contribution >= 0.6 is 11.3 Å². The van der Waals surface area contributed by atoms with E-state index >= 15 is 0 Å². The Labute approximate surface area is 166 Å². The quantitative estimate of drug-likeness (QED) is 0.674. The maximum absolute atomic E-state index is 13.3. The van der Waals surface area contributed by atoms with Crippen LogP contribution in [0.2, 0.25) is 0 Å². The molecule has 0 unspecified atom stereocenters. The molecule has 3 aromatic rings. The van der Waals surface area contributed by atoms with Gasteiger partial charge in [0.25, 0.3) is 5.56 Å². The maximum atomic E-state index is 13.3. The fraction of sp³-hybridized carbons (Fsp3) is 0.273. The predicted octanol–water partition coefficient (Wildman–Crippen LogP) is 2.71. The van der Waals surface area contributed by atoms with E-state index in [0.717, 1.165) is 22.6 Å². The zero-order valence-corrected chi connectivity index (χ0v) is 16.7. The number of hydrogen-bond donors (Lipinski definition) is 0. The molecule has 5 rings (SSSR count). The number of thiazole rings is 1. The van der Waals surface area contributed by atoms with Crippen molar-refractivity contribution in [2.45, 2.75) is 25.6 Å². The average molecular weight is 392 g/mol. The monoisotopic (exact) mass is 392 g/mol. The molecule has 0 N–H and O–H groups in total. The van der Waals surface area contributed by atoms with Crippen LogP contribution in [-0.4, -0.2) is 17.4 Å². The largest absolute Gasteiger partial charge is 0.497 e. The summed E-state index contributed by atoms with van der Waals surface area (Å²) in [6.07, 6.45) is 1.91. The molecule has 0 saturated carbocycles. The fourth-order valence-electron chi connectivity index (χ4n) is 4.03. The topological polar surface area (TPSA) is 52.8 Å². The SMILES string of the molecule is COc1ccc(/C=c2\sc3n(c2=O)[C@H]2c4ccccc4O[C@@](C)(N=3)[C@@H]2C)cc1. The first-order valence-electron chi connectivity index (χ1n) is 9.25. The van der Waals surface area contributed by atoms with Crippen molar-refractivity contribution in [1.29, 1.82) is 0 Å². The highest BCUT2D eigenvalue weighted by Gasteiger charge is 2.48. The van der Waals surface area contributed by atoms with E-state index in [-0.39, 0.29) is 17.5 Å². The van der Waals surface area contributed by atoms with Crippen molar-refractivity contribution >= 4 is 17.4 Å². The van der Waals surface area contributed by atoms with Crippen LogP contribution < -0.4 is 24.4 Å². The van der Waals surface area contributed by atoms with Crippen molar-refractivity contribution in [2.24, 2.45) is 10.9 Å². The van der Waals surface area contributed by atoms with Crippen LogP contribution in [0.5, 0.6) is 11.5 Å². The van der Waals surface area contributed by atoms with Gasteiger partial charge in [-0.2, -0.15) is 0 Å². The van der Waals surface area contributed by atoms with E-state index in [9.17, 15) is 4.79 Å². The standard InChI is InChI=1S/C22H20N2O3S/c1-13-19-16-6-4-5-7-17(16)27-22(13,2)23-21-24(19)20(25)18(28-21)12-14-8-10-15(26-3)11-9-14/h4-13,19H,1-3H3/b18-12-/t13-,19-,22-/m1/s1. The summed E-state index contributed by atoms with van der Waals surface area (Å²) < 4.78 is 14.0. The van der Waals surface area contributed by atoms with Crippen LogP contribution in [0.4, 0.5) is 0 Å². The number of fused-ring (bicyclic) bond motifs is 6. The number of hydrogen-bond acceptors (Lipinski definition) is 5. The van der Waals surface area contributed by atoms with E-state index in [4.69, 9.17) is 14.5 Å². The second-order valence-corrected chi connectivity index (χ2v) is 8.39. The predicted molar refractivity (Wildman–Crippen MR) is 109 cm³/mol. The number of para-hydroxylation sites is 1. The molecule has 2 aliphatic rings. The lowest BCUT2D eigenvalue weighted by Crippen LogP contribution is -2.54. The highest BCUT2D eigenvalue weighted by molar-refractivity contribution is 7.07. The molecule has 0 fully saturated rings. The van der Waals surface area contributed by atoms with E-state index in [0.29, 0.717) is 9.33 Å². The van der Waals surface area contributed by atoms with Gasteiger partial charge in [0.1, 0.15) is 11.5 Å². The van der Waals surface area contributed by atoms with Crippen molar-refractivity contribution in [1.82, 2.24) is 4.57 Å². The van der Waals surface area contributed by atoms with Crippen molar-refractivity contribution in [2.75, 3.05) is 7.11 Å². The first kappa shape index (κ1) is 17.3. The minimum atomic E-state index is -0.673. The molecule has 3 atom stereocenters. The third-order valence-electron chi connectivity index (χ3n) is 5.72. The normalized spacial score (nSPS) is 25.3. The summed E-state index contributed by atoms with van der Waals surface area (Å²) in [5.74, 6) is 1.65. The molecule has 6 heteroatoms. The molecule has 142 valence electrons. The van der Waals surface area contributed by atoms with Gasteiger partial charge in [-0.1, -0.05) is 48.6 Å². The van der Waals surface area contributed by atoms with Crippen molar-refractivity contribution < 1.29 is 9.47 Å². The van der Waals surface area contributed by atoms with Gasteiger partial charge in [-0.25, -0.2) is 4.99 Å². The first-order chi connectivity index (χ1) is 13.5. The second kappa shape index (κ2) is 6.07. The Morgan fingerprint density at radius 3 is 2.71 bits per heavy atom. The summed E-state index contributed by atoms with van der Waals surface area (Å²) in [6, 6.07) is 15.5.